The van der Waals surface area contributed by atoms with Crippen molar-refractivity contribution in [2.24, 2.45) is 0 Å². The van der Waals surface area contributed by atoms with Crippen LogP contribution in [0.25, 0.3) is 0 Å². The van der Waals surface area contributed by atoms with Gasteiger partial charge in [-0.15, -0.1) is 0 Å². The lowest BCUT2D eigenvalue weighted by Gasteiger charge is -2.12. The third-order valence-electron chi connectivity index (χ3n) is 2.39. The van der Waals surface area contributed by atoms with Crippen molar-refractivity contribution in [2.45, 2.75) is 11.3 Å². The molecule has 0 saturated carbocycles. The van der Waals surface area contributed by atoms with Crippen LogP contribution in [-0.4, -0.2) is 39.9 Å². The van der Waals surface area contributed by atoms with Crippen molar-refractivity contribution in [3.8, 4) is 0 Å². The predicted octanol–water partition coefficient (Wildman–Crippen LogP) is 0.788. The molecule has 19 heavy (non-hydrogen) atoms. The lowest BCUT2D eigenvalue weighted by molar-refractivity contribution is -0.128. The molecule has 8 heteroatoms. The Balaban J connectivity index is 2.74. The van der Waals surface area contributed by atoms with Gasteiger partial charge in [0.25, 0.3) is 0 Å². The fraction of sp³-hybridized carbons (Fsp3) is 0.364. The highest BCUT2D eigenvalue weighted by atomic mass is 79.9. The topological polar surface area (TPSA) is 92.5 Å². The number of hydrogen-bond donors (Lipinski definition) is 2. The zero-order valence-electron chi connectivity index (χ0n) is 10.7. The summed E-state index contributed by atoms with van der Waals surface area (Å²) in [6.45, 7) is 0.0366. The summed E-state index contributed by atoms with van der Waals surface area (Å²) in [4.78, 5) is 12.7. The first-order chi connectivity index (χ1) is 8.74. The van der Waals surface area contributed by atoms with E-state index >= 15 is 0 Å². The fourth-order valence-corrected chi connectivity index (χ4v) is 2.88. The number of anilines is 1. The highest BCUT2D eigenvalue weighted by Crippen LogP contribution is 2.22. The average molecular weight is 350 g/mol. The van der Waals surface area contributed by atoms with Gasteiger partial charge in [0.05, 0.1) is 5.69 Å². The van der Waals surface area contributed by atoms with E-state index < -0.39 is 10.0 Å². The van der Waals surface area contributed by atoms with Gasteiger partial charge in [-0.1, -0.05) is 15.9 Å². The normalized spacial score (nSPS) is 11.3. The van der Waals surface area contributed by atoms with E-state index in [1.807, 2.05) is 0 Å². The summed E-state index contributed by atoms with van der Waals surface area (Å²) >= 11 is 3.21. The first-order valence-electron chi connectivity index (χ1n) is 5.49. The molecule has 0 aliphatic carbocycles. The lowest BCUT2D eigenvalue weighted by Crippen LogP contribution is -2.30. The van der Waals surface area contributed by atoms with Gasteiger partial charge in [0.2, 0.25) is 15.9 Å². The largest absolute Gasteiger partial charge is 0.398 e. The number of rotatable bonds is 5. The smallest absolute Gasteiger partial charge is 0.242 e. The van der Waals surface area contributed by atoms with Crippen LogP contribution < -0.4 is 10.5 Å². The Morgan fingerprint density at radius 1 is 1.42 bits per heavy atom. The minimum Gasteiger partial charge on any atom is -0.398 e. The Morgan fingerprint density at radius 3 is 2.58 bits per heavy atom. The molecular weight excluding hydrogens is 334 g/mol. The maximum Gasteiger partial charge on any atom is 0.242 e. The number of benzene rings is 1. The van der Waals surface area contributed by atoms with Crippen molar-refractivity contribution in [3.63, 3.8) is 0 Å². The Bertz CT molecular complexity index is 573. The number of sulfonamides is 1. The number of carbonyl (C=O) groups is 1. The molecule has 0 atom stereocenters. The Labute approximate surface area is 121 Å². The SMILES string of the molecule is CN(C)C(=O)CCNS(=O)(=O)c1ccc(Br)cc1N. The number of hydrogen-bond acceptors (Lipinski definition) is 4. The van der Waals surface area contributed by atoms with Gasteiger partial charge >= 0.3 is 0 Å². The zero-order valence-corrected chi connectivity index (χ0v) is 13.1. The monoisotopic (exact) mass is 349 g/mol. The third-order valence-corrected chi connectivity index (χ3v) is 4.42. The van der Waals surface area contributed by atoms with E-state index in [4.69, 9.17) is 5.73 Å². The number of nitrogens with one attached hydrogen (secondary N) is 1. The molecule has 0 aromatic heterocycles. The standard InChI is InChI=1S/C11H16BrN3O3S/c1-15(2)11(16)5-6-14-19(17,18)10-4-3-8(12)7-9(10)13/h3-4,7,14H,5-6,13H2,1-2H3. The second-order valence-corrected chi connectivity index (χ2v) is 6.77. The van der Waals surface area contributed by atoms with E-state index in [9.17, 15) is 13.2 Å². The molecule has 0 fully saturated rings. The molecule has 0 radical (unpaired) electrons. The molecule has 1 aromatic rings. The van der Waals surface area contributed by atoms with E-state index in [1.54, 1.807) is 20.2 Å². The van der Waals surface area contributed by atoms with Gasteiger partial charge in [-0.2, -0.15) is 0 Å². The lowest BCUT2D eigenvalue weighted by atomic mass is 10.3. The quantitative estimate of drug-likeness (QED) is 0.768. The minimum absolute atomic E-state index is 0.00741. The molecule has 3 N–H and O–H groups in total. The molecule has 0 saturated heterocycles. The second kappa shape index (κ2) is 6.36. The molecule has 0 aliphatic heterocycles. The maximum absolute atomic E-state index is 12.0. The van der Waals surface area contributed by atoms with Crippen LogP contribution >= 0.6 is 15.9 Å². The zero-order chi connectivity index (χ0) is 14.6. The molecule has 0 spiro atoms. The summed E-state index contributed by atoms with van der Waals surface area (Å²) in [5.41, 5.74) is 5.82. The number of nitrogen functional groups attached to an aromatic ring is 1. The predicted molar refractivity (Wildman–Crippen MR) is 77.1 cm³/mol. The third kappa shape index (κ3) is 4.48. The summed E-state index contributed by atoms with van der Waals surface area (Å²) in [5.74, 6) is -0.147. The van der Waals surface area contributed by atoms with Crippen molar-refractivity contribution in [3.05, 3.63) is 22.7 Å². The van der Waals surface area contributed by atoms with Crippen LogP contribution in [0.2, 0.25) is 0 Å². The Morgan fingerprint density at radius 2 is 2.05 bits per heavy atom. The summed E-state index contributed by atoms with van der Waals surface area (Å²) in [5, 5.41) is 0. The van der Waals surface area contributed by atoms with Crippen LogP contribution in [0.1, 0.15) is 6.42 Å². The first-order valence-corrected chi connectivity index (χ1v) is 7.76. The molecule has 6 nitrogen and oxygen atoms in total. The van der Waals surface area contributed by atoms with Crippen LogP contribution in [0, 0.1) is 0 Å². The summed E-state index contributed by atoms with van der Waals surface area (Å²) in [6.07, 6.45) is 0.0999. The number of nitrogens with two attached hydrogens (primary N) is 1. The van der Waals surface area contributed by atoms with Crippen molar-refractivity contribution in [2.75, 3.05) is 26.4 Å². The molecule has 1 aromatic carbocycles. The van der Waals surface area contributed by atoms with Gasteiger partial charge in [0, 0.05) is 31.5 Å². The molecular formula is C11H16BrN3O3S. The van der Waals surface area contributed by atoms with Crippen LogP contribution in [0.5, 0.6) is 0 Å². The van der Waals surface area contributed by atoms with Crippen molar-refractivity contribution >= 4 is 37.5 Å². The summed E-state index contributed by atoms with van der Waals surface area (Å²) < 4.78 is 27.0. The van der Waals surface area contributed by atoms with E-state index in [0.717, 1.165) is 0 Å². The van der Waals surface area contributed by atoms with E-state index in [1.165, 1.54) is 17.0 Å². The Hall–Kier alpha value is -1.12. The van der Waals surface area contributed by atoms with Crippen LogP contribution in [0.15, 0.2) is 27.6 Å². The van der Waals surface area contributed by atoms with Crippen molar-refractivity contribution in [1.82, 2.24) is 9.62 Å². The highest BCUT2D eigenvalue weighted by molar-refractivity contribution is 9.10. The molecule has 0 unspecified atom stereocenters. The number of amides is 1. The average Bonchev–Trinajstić information content (AvgIpc) is 2.27. The Kier molecular flexibility index (Phi) is 5.33. The van der Waals surface area contributed by atoms with E-state index in [0.29, 0.717) is 4.47 Å². The minimum atomic E-state index is -3.70. The van der Waals surface area contributed by atoms with Gasteiger partial charge in [-0.25, -0.2) is 13.1 Å². The van der Waals surface area contributed by atoms with Gasteiger partial charge in [-0.05, 0) is 18.2 Å². The number of carbonyl (C=O) groups excluding carboxylic acids is 1. The van der Waals surface area contributed by atoms with E-state index in [2.05, 4.69) is 20.7 Å². The molecule has 0 bridgehead atoms. The summed E-state index contributed by atoms with van der Waals surface area (Å²) in [7, 11) is -0.466. The maximum atomic E-state index is 12.0. The van der Waals surface area contributed by atoms with Crippen molar-refractivity contribution < 1.29 is 13.2 Å². The molecule has 0 aliphatic rings. The molecule has 1 rings (SSSR count). The van der Waals surface area contributed by atoms with E-state index in [-0.39, 0.29) is 29.5 Å². The molecule has 0 heterocycles. The van der Waals surface area contributed by atoms with Gasteiger partial charge < -0.3 is 10.6 Å². The van der Waals surface area contributed by atoms with Gasteiger partial charge in [0.1, 0.15) is 4.90 Å². The van der Waals surface area contributed by atoms with Crippen LogP contribution in [0.3, 0.4) is 0 Å². The van der Waals surface area contributed by atoms with Gasteiger partial charge in [0.15, 0.2) is 0 Å². The highest BCUT2D eigenvalue weighted by Gasteiger charge is 2.17. The second-order valence-electron chi connectivity index (χ2n) is 4.12. The molecule has 1 amide bonds. The fourth-order valence-electron chi connectivity index (χ4n) is 1.36. The van der Waals surface area contributed by atoms with Crippen LogP contribution in [-0.2, 0) is 14.8 Å². The van der Waals surface area contributed by atoms with Crippen molar-refractivity contribution in [1.29, 1.82) is 0 Å². The number of nitrogens with zero attached hydrogens (tertiary/aromatic N) is 1. The van der Waals surface area contributed by atoms with Crippen LogP contribution in [0.4, 0.5) is 5.69 Å². The summed E-state index contributed by atoms with van der Waals surface area (Å²) in [6, 6.07) is 4.52. The first kappa shape index (κ1) is 15.9. The number of halogens is 1. The molecule has 106 valence electrons. The van der Waals surface area contributed by atoms with Gasteiger partial charge in [-0.3, -0.25) is 4.79 Å².